The molecule has 1 aromatic carbocycles. The van der Waals surface area contributed by atoms with Crippen LogP contribution in [0.1, 0.15) is 17.3 Å². The number of benzene rings is 1. The number of carbonyl (C=O) groups is 1. The number of rotatable bonds is 5. The molecule has 2 aromatic rings. The Bertz CT molecular complexity index is 838. The van der Waals surface area contributed by atoms with E-state index >= 15 is 0 Å². The van der Waals surface area contributed by atoms with E-state index in [0.29, 0.717) is 17.0 Å². The molecule has 1 atom stereocenters. The third-order valence-electron chi connectivity index (χ3n) is 3.76. The van der Waals surface area contributed by atoms with Gasteiger partial charge in [-0.05, 0) is 37.3 Å². The normalized spacial score (nSPS) is 17.1. The zero-order valence-corrected chi connectivity index (χ0v) is 14.0. The minimum absolute atomic E-state index is 0.109. The van der Waals surface area contributed by atoms with Crippen molar-refractivity contribution in [3.8, 4) is 5.75 Å². The molecule has 1 aliphatic rings. The predicted octanol–water partition coefficient (Wildman–Crippen LogP) is 1.04. The molecule has 1 unspecified atom stereocenters. The van der Waals surface area contributed by atoms with Crippen LogP contribution in [0.4, 0.5) is 5.69 Å². The van der Waals surface area contributed by atoms with Crippen LogP contribution in [-0.4, -0.2) is 39.2 Å². The van der Waals surface area contributed by atoms with E-state index in [1.165, 1.54) is 0 Å². The first-order valence-corrected chi connectivity index (χ1v) is 7.69. The summed E-state index contributed by atoms with van der Waals surface area (Å²) in [6, 6.07) is 6.47. The van der Waals surface area contributed by atoms with E-state index in [1.807, 2.05) is 20.2 Å². The van der Waals surface area contributed by atoms with Crippen molar-refractivity contribution in [1.29, 1.82) is 0 Å². The van der Waals surface area contributed by atoms with Crippen molar-refractivity contribution in [1.82, 2.24) is 9.78 Å². The highest BCUT2D eigenvalue weighted by molar-refractivity contribution is 5.94. The third-order valence-corrected chi connectivity index (χ3v) is 3.76. The van der Waals surface area contributed by atoms with Gasteiger partial charge in [0.2, 0.25) is 5.91 Å². The first kappa shape index (κ1) is 16.7. The number of carbonyl (C=O) groups excluding carboxylic acids is 1. The number of nitrogens with zero attached hydrogens (tertiary/aromatic N) is 4. The van der Waals surface area contributed by atoms with E-state index in [2.05, 4.69) is 10.2 Å². The molecular weight excluding hydrogens is 322 g/mol. The molecule has 0 fully saturated rings. The van der Waals surface area contributed by atoms with Gasteiger partial charge in [0.15, 0.2) is 0 Å². The molecule has 8 nitrogen and oxygen atoms in total. The van der Waals surface area contributed by atoms with Crippen molar-refractivity contribution in [2.24, 2.45) is 17.9 Å². The molecule has 0 spiro atoms. The van der Waals surface area contributed by atoms with E-state index in [9.17, 15) is 9.90 Å². The van der Waals surface area contributed by atoms with Crippen molar-refractivity contribution < 1.29 is 14.6 Å². The van der Waals surface area contributed by atoms with Crippen LogP contribution in [0.25, 0.3) is 0 Å². The number of allylic oxidation sites excluding steroid dienone is 1. The van der Waals surface area contributed by atoms with E-state index in [4.69, 9.17) is 10.5 Å². The minimum atomic E-state index is -0.821. The summed E-state index contributed by atoms with van der Waals surface area (Å²) in [6.07, 6.45) is 4.41. The second kappa shape index (κ2) is 6.78. The number of nitrogens with two attached hydrogens (primary N) is 1. The fourth-order valence-corrected chi connectivity index (χ4v) is 2.43. The maximum Gasteiger partial charge on any atom is 0.248 e. The lowest BCUT2D eigenvalue weighted by atomic mass is 10.1. The molecular formula is C17H19N5O3. The minimum Gasteiger partial charge on any atom is -0.487 e. The average molecular weight is 341 g/mol. The Kier molecular flexibility index (Phi) is 4.53. The van der Waals surface area contributed by atoms with E-state index < -0.39 is 12.0 Å². The molecule has 130 valence electrons. The maximum absolute atomic E-state index is 11.1. The fourth-order valence-electron chi connectivity index (χ4n) is 2.43. The molecule has 0 aliphatic carbocycles. The molecule has 0 radical (unpaired) electrons. The predicted molar refractivity (Wildman–Crippen MR) is 93.3 cm³/mol. The molecule has 25 heavy (non-hydrogen) atoms. The summed E-state index contributed by atoms with van der Waals surface area (Å²) < 4.78 is 7.34. The number of hydrazone groups is 1. The van der Waals surface area contributed by atoms with Gasteiger partial charge in [0, 0.05) is 18.3 Å². The molecule has 0 saturated carbocycles. The van der Waals surface area contributed by atoms with Crippen molar-refractivity contribution in [3.63, 3.8) is 0 Å². The summed E-state index contributed by atoms with van der Waals surface area (Å²) in [5.41, 5.74) is 7.68. The smallest absolute Gasteiger partial charge is 0.248 e. The summed E-state index contributed by atoms with van der Waals surface area (Å²) in [5.74, 6) is 0.0606. The van der Waals surface area contributed by atoms with Gasteiger partial charge in [-0.25, -0.2) is 5.01 Å². The molecule has 2 heterocycles. The lowest BCUT2D eigenvalue weighted by molar-refractivity contribution is 0.100. The second-order valence-electron chi connectivity index (χ2n) is 5.71. The van der Waals surface area contributed by atoms with Gasteiger partial charge in [-0.3, -0.25) is 9.48 Å². The molecule has 3 rings (SSSR count). The van der Waals surface area contributed by atoms with Crippen molar-refractivity contribution in [3.05, 3.63) is 54.0 Å². The number of primary amides is 1. The summed E-state index contributed by atoms with van der Waals surface area (Å²) >= 11 is 0. The number of aryl methyl sites for hydroxylation is 1. The number of anilines is 1. The SMILES string of the molecule is CC1=CC(O)C(COc2ccc(C(N)=O)cc2)=NN1c1cnn(C)c1. The molecule has 0 saturated heterocycles. The van der Waals surface area contributed by atoms with Gasteiger partial charge in [0.25, 0.3) is 0 Å². The number of amides is 1. The summed E-state index contributed by atoms with van der Waals surface area (Å²) in [4.78, 5) is 11.1. The van der Waals surface area contributed by atoms with Crippen LogP contribution >= 0.6 is 0 Å². The van der Waals surface area contributed by atoms with Gasteiger partial charge in [0.1, 0.15) is 29.9 Å². The summed E-state index contributed by atoms with van der Waals surface area (Å²) in [5, 5.41) is 20.5. The molecule has 0 bridgehead atoms. The monoisotopic (exact) mass is 341 g/mol. The number of hydrogen-bond acceptors (Lipinski definition) is 6. The number of ether oxygens (including phenoxy) is 1. The van der Waals surface area contributed by atoms with Gasteiger partial charge in [-0.2, -0.15) is 10.2 Å². The van der Waals surface area contributed by atoms with Crippen LogP contribution in [0.2, 0.25) is 0 Å². The van der Waals surface area contributed by atoms with Gasteiger partial charge in [-0.15, -0.1) is 0 Å². The van der Waals surface area contributed by atoms with Crippen molar-refractivity contribution >= 4 is 17.3 Å². The molecule has 1 aromatic heterocycles. The Labute approximate surface area is 144 Å². The first-order chi connectivity index (χ1) is 11.9. The van der Waals surface area contributed by atoms with Crippen LogP contribution in [0.3, 0.4) is 0 Å². The van der Waals surface area contributed by atoms with Crippen LogP contribution in [-0.2, 0) is 7.05 Å². The Hall–Kier alpha value is -3.13. The Balaban J connectivity index is 1.73. The van der Waals surface area contributed by atoms with Gasteiger partial charge < -0.3 is 15.6 Å². The number of aliphatic hydroxyl groups is 1. The zero-order chi connectivity index (χ0) is 18.0. The lowest BCUT2D eigenvalue weighted by Crippen LogP contribution is -2.33. The molecule has 8 heteroatoms. The topological polar surface area (TPSA) is 106 Å². The highest BCUT2D eigenvalue weighted by Crippen LogP contribution is 2.23. The number of aliphatic hydroxyl groups excluding tert-OH is 1. The van der Waals surface area contributed by atoms with Crippen LogP contribution in [0.15, 0.2) is 53.5 Å². The van der Waals surface area contributed by atoms with E-state index in [-0.39, 0.29) is 6.61 Å². The zero-order valence-electron chi connectivity index (χ0n) is 14.0. The van der Waals surface area contributed by atoms with Crippen molar-refractivity contribution in [2.75, 3.05) is 11.6 Å². The van der Waals surface area contributed by atoms with Gasteiger partial charge in [-0.1, -0.05) is 0 Å². The molecule has 3 N–H and O–H groups in total. The number of hydrogen-bond donors (Lipinski definition) is 2. The van der Waals surface area contributed by atoms with Gasteiger partial charge >= 0.3 is 0 Å². The molecule has 1 aliphatic heterocycles. The maximum atomic E-state index is 11.1. The van der Waals surface area contributed by atoms with Crippen LogP contribution < -0.4 is 15.5 Å². The number of aromatic nitrogens is 2. The Morgan fingerprint density at radius 2 is 2.08 bits per heavy atom. The van der Waals surface area contributed by atoms with E-state index in [0.717, 1.165) is 11.4 Å². The largest absolute Gasteiger partial charge is 0.487 e. The summed E-state index contributed by atoms with van der Waals surface area (Å²) in [6.45, 7) is 1.97. The average Bonchev–Trinajstić information content (AvgIpc) is 3.00. The fraction of sp³-hybridized carbons (Fsp3) is 0.235. The summed E-state index contributed by atoms with van der Waals surface area (Å²) in [7, 11) is 1.82. The van der Waals surface area contributed by atoms with Crippen molar-refractivity contribution in [2.45, 2.75) is 13.0 Å². The van der Waals surface area contributed by atoms with Gasteiger partial charge in [0.05, 0.1) is 12.4 Å². The Morgan fingerprint density at radius 3 is 2.68 bits per heavy atom. The quantitative estimate of drug-likeness (QED) is 0.845. The molecule has 1 amide bonds. The van der Waals surface area contributed by atoms with Crippen LogP contribution in [0.5, 0.6) is 5.75 Å². The lowest BCUT2D eigenvalue weighted by Gasteiger charge is -2.26. The van der Waals surface area contributed by atoms with E-state index in [1.54, 1.807) is 46.2 Å². The second-order valence-corrected chi connectivity index (χ2v) is 5.71. The highest BCUT2D eigenvalue weighted by atomic mass is 16.5. The van der Waals surface area contributed by atoms with Crippen LogP contribution in [0, 0.1) is 0 Å². The standard InChI is InChI=1S/C17H19N5O3/c1-11-7-16(23)15(20-22(11)13-8-19-21(2)9-13)10-25-14-5-3-12(4-6-14)17(18)24/h3-9,16,23H,10H2,1-2H3,(H2,18,24). The Morgan fingerprint density at radius 1 is 1.36 bits per heavy atom. The first-order valence-electron chi connectivity index (χ1n) is 7.69. The third kappa shape index (κ3) is 3.69. The highest BCUT2D eigenvalue weighted by Gasteiger charge is 2.22.